The molecule has 1 aromatic carbocycles. The molecule has 0 saturated carbocycles. The first kappa shape index (κ1) is 14.2. The number of aliphatic carboxylic acids is 1. The molecule has 0 bridgehead atoms. The van der Waals surface area contributed by atoms with Gasteiger partial charge in [-0.3, -0.25) is 4.99 Å². The van der Waals surface area contributed by atoms with Gasteiger partial charge in [-0.25, -0.2) is 4.79 Å². The van der Waals surface area contributed by atoms with Crippen molar-refractivity contribution in [2.45, 2.75) is 12.3 Å². The fourth-order valence-corrected chi connectivity index (χ4v) is 2.19. The minimum atomic E-state index is -4.55. The summed E-state index contributed by atoms with van der Waals surface area (Å²) >= 11 is 0. The second kappa shape index (κ2) is 4.90. The molecule has 8 heteroatoms. The molecule has 5 nitrogen and oxygen atoms in total. The Morgan fingerprint density at radius 3 is 2.73 bits per heavy atom. The molecule has 0 spiro atoms. The number of alkyl halides is 3. The van der Waals surface area contributed by atoms with Crippen LogP contribution in [0.3, 0.4) is 0 Å². The van der Waals surface area contributed by atoms with Gasteiger partial charge in [0.25, 0.3) is 0 Å². The van der Waals surface area contributed by atoms with Crippen LogP contribution < -0.4 is 5.32 Å². The van der Waals surface area contributed by atoms with Crippen molar-refractivity contribution in [1.29, 1.82) is 0 Å². The first-order chi connectivity index (χ1) is 10.4. The van der Waals surface area contributed by atoms with Crippen LogP contribution in [0.15, 0.2) is 40.1 Å². The fraction of sp³-hybridized carbons (Fsp3) is 0.143. The first-order valence-corrected chi connectivity index (χ1v) is 6.16. The summed E-state index contributed by atoms with van der Waals surface area (Å²) in [7, 11) is 0. The number of rotatable bonds is 2. The van der Waals surface area contributed by atoms with Crippen LogP contribution in [-0.2, 0) is 11.0 Å². The third-order valence-electron chi connectivity index (χ3n) is 3.22. The number of fused-ring (bicyclic) bond motifs is 1. The summed E-state index contributed by atoms with van der Waals surface area (Å²) in [5.41, 5.74) is 0.276. The number of nitrogens with zero attached hydrogens (tertiary/aromatic N) is 1. The standard InChI is InChI=1S/C14H9F3N2O3/c15-14(16,17)8-3-9(7-1-2-22-6-7)10-5-18-12(13(20)21)19-11(10)4-8/h1-6,12,19H,(H,20,21). The zero-order chi connectivity index (χ0) is 15.9. The number of aliphatic imine (C=N–C) groups is 1. The Morgan fingerprint density at radius 2 is 2.14 bits per heavy atom. The molecule has 1 aliphatic rings. The molecule has 3 rings (SSSR count). The van der Waals surface area contributed by atoms with Crippen molar-refractivity contribution >= 4 is 17.9 Å². The minimum Gasteiger partial charge on any atom is -0.478 e. The molecule has 1 atom stereocenters. The van der Waals surface area contributed by atoms with Gasteiger partial charge >= 0.3 is 12.1 Å². The zero-order valence-electron chi connectivity index (χ0n) is 10.9. The van der Waals surface area contributed by atoms with Crippen molar-refractivity contribution in [1.82, 2.24) is 0 Å². The van der Waals surface area contributed by atoms with Gasteiger partial charge in [-0.15, -0.1) is 0 Å². The summed E-state index contributed by atoms with van der Waals surface area (Å²) in [6.45, 7) is 0. The van der Waals surface area contributed by atoms with Crippen LogP contribution in [0.25, 0.3) is 11.1 Å². The molecule has 1 unspecified atom stereocenters. The van der Waals surface area contributed by atoms with E-state index < -0.39 is 23.9 Å². The highest BCUT2D eigenvalue weighted by Gasteiger charge is 2.33. The van der Waals surface area contributed by atoms with Gasteiger partial charge in [0.15, 0.2) is 0 Å². The lowest BCUT2D eigenvalue weighted by Gasteiger charge is -2.22. The number of furan rings is 1. The van der Waals surface area contributed by atoms with Crippen molar-refractivity contribution in [3.8, 4) is 11.1 Å². The molecule has 1 aromatic heterocycles. The van der Waals surface area contributed by atoms with Crippen LogP contribution in [0.2, 0.25) is 0 Å². The quantitative estimate of drug-likeness (QED) is 0.893. The van der Waals surface area contributed by atoms with Crippen molar-refractivity contribution in [3.63, 3.8) is 0 Å². The van der Waals surface area contributed by atoms with E-state index >= 15 is 0 Å². The van der Waals surface area contributed by atoms with E-state index in [4.69, 9.17) is 9.52 Å². The molecule has 0 fully saturated rings. The smallest absolute Gasteiger partial charge is 0.416 e. The summed E-state index contributed by atoms with van der Waals surface area (Å²) < 4.78 is 44.0. The Hall–Kier alpha value is -2.77. The molecule has 2 N–H and O–H groups in total. The molecule has 22 heavy (non-hydrogen) atoms. The molecule has 1 aliphatic heterocycles. The Bertz CT molecular complexity index is 751. The number of halogens is 3. The fourth-order valence-electron chi connectivity index (χ4n) is 2.19. The Labute approximate surface area is 122 Å². The van der Waals surface area contributed by atoms with Gasteiger partial charge in [0.2, 0.25) is 6.17 Å². The average Bonchev–Trinajstić information content (AvgIpc) is 2.98. The summed E-state index contributed by atoms with van der Waals surface area (Å²) in [5.74, 6) is -1.27. The highest BCUT2D eigenvalue weighted by molar-refractivity contribution is 6.00. The first-order valence-electron chi connectivity index (χ1n) is 6.16. The lowest BCUT2D eigenvalue weighted by molar-refractivity contribution is -0.138. The lowest BCUT2D eigenvalue weighted by Crippen LogP contribution is -2.30. The van der Waals surface area contributed by atoms with Gasteiger partial charge in [0.1, 0.15) is 0 Å². The van der Waals surface area contributed by atoms with Crippen LogP contribution in [0.4, 0.5) is 18.9 Å². The van der Waals surface area contributed by atoms with Crippen molar-refractivity contribution in [2.75, 3.05) is 5.32 Å². The SMILES string of the molecule is O=C(O)C1N=Cc2c(cc(C(F)(F)F)cc2-c2ccoc2)N1. The number of nitrogens with one attached hydrogen (secondary N) is 1. The Morgan fingerprint density at radius 1 is 1.36 bits per heavy atom. The molecule has 2 aromatic rings. The zero-order valence-corrected chi connectivity index (χ0v) is 10.9. The predicted octanol–water partition coefficient (Wildman–Crippen LogP) is 3.22. The second-order valence-corrected chi connectivity index (χ2v) is 4.66. The van der Waals surface area contributed by atoms with E-state index in [9.17, 15) is 18.0 Å². The molecule has 0 saturated heterocycles. The Balaban J connectivity index is 2.19. The van der Waals surface area contributed by atoms with Gasteiger partial charge < -0.3 is 14.8 Å². The summed E-state index contributed by atoms with van der Waals surface area (Å²) in [6.07, 6.45) is -1.95. The van der Waals surface area contributed by atoms with Gasteiger partial charge in [-0.05, 0) is 23.8 Å². The van der Waals surface area contributed by atoms with Crippen LogP contribution >= 0.6 is 0 Å². The second-order valence-electron chi connectivity index (χ2n) is 4.66. The van der Waals surface area contributed by atoms with Crippen molar-refractivity contribution < 1.29 is 27.5 Å². The summed E-state index contributed by atoms with van der Waals surface area (Å²) in [6, 6.07) is 3.38. The molecule has 2 heterocycles. The van der Waals surface area contributed by atoms with Crippen LogP contribution in [0, 0.1) is 0 Å². The number of hydrogen-bond acceptors (Lipinski definition) is 4. The number of anilines is 1. The topological polar surface area (TPSA) is 74.8 Å². The highest BCUT2D eigenvalue weighted by Crippen LogP contribution is 2.38. The van der Waals surface area contributed by atoms with Gasteiger partial charge in [-0.1, -0.05) is 0 Å². The maximum atomic E-state index is 13.0. The molecule has 0 radical (unpaired) electrons. The van der Waals surface area contributed by atoms with E-state index in [1.807, 2.05) is 0 Å². The van der Waals surface area contributed by atoms with Gasteiger partial charge in [0.05, 0.1) is 18.1 Å². The number of carbonyl (C=O) groups is 1. The monoisotopic (exact) mass is 310 g/mol. The maximum Gasteiger partial charge on any atom is 0.416 e. The minimum absolute atomic E-state index is 0.0634. The molecule has 114 valence electrons. The highest BCUT2D eigenvalue weighted by atomic mass is 19.4. The van der Waals surface area contributed by atoms with E-state index in [0.717, 1.165) is 12.1 Å². The van der Waals surface area contributed by atoms with Crippen LogP contribution in [0.1, 0.15) is 11.1 Å². The average molecular weight is 310 g/mol. The number of benzene rings is 1. The predicted molar refractivity (Wildman–Crippen MR) is 71.8 cm³/mol. The van der Waals surface area contributed by atoms with E-state index in [-0.39, 0.29) is 11.3 Å². The van der Waals surface area contributed by atoms with E-state index in [1.54, 1.807) is 0 Å². The number of carboxylic acids is 1. The normalized spacial score (nSPS) is 17.0. The number of hydrogen-bond donors (Lipinski definition) is 2. The molecule has 0 aliphatic carbocycles. The summed E-state index contributed by atoms with van der Waals surface area (Å²) in [4.78, 5) is 14.7. The maximum absolute atomic E-state index is 13.0. The van der Waals surface area contributed by atoms with Gasteiger partial charge in [-0.2, -0.15) is 13.2 Å². The largest absolute Gasteiger partial charge is 0.478 e. The van der Waals surface area contributed by atoms with E-state index in [2.05, 4.69) is 10.3 Å². The van der Waals surface area contributed by atoms with E-state index in [1.165, 1.54) is 24.8 Å². The van der Waals surface area contributed by atoms with Crippen LogP contribution in [0.5, 0.6) is 0 Å². The third-order valence-corrected chi connectivity index (χ3v) is 3.22. The lowest BCUT2D eigenvalue weighted by atomic mass is 9.96. The Kier molecular flexibility index (Phi) is 3.16. The third kappa shape index (κ3) is 2.43. The molecular formula is C14H9F3N2O3. The molecular weight excluding hydrogens is 301 g/mol. The summed E-state index contributed by atoms with van der Waals surface area (Å²) in [5, 5.41) is 11.4. The van der Waals surface area contributed by atoms with E-state index in [0.29, 0.717) is 11.1 Å². The van der Waals surface area contributed by atoms with Crippen LogP contribution in [-0.4, -0.2) is 23.5 Å². The van der Waals surface area contributed by atoms with Gasteiger partial charge in [0, 0.05) is 23.0 Å². The van der Waals surface area contributed by atoms with Crippen molar-refractivity contribution in [3.05, 3.63) is 41.9 Å². The van der Waals surface area contributed by atoms with Crippen molar-refractivity contribution in [2.24, 2.45) is 4.99 Å². The molecule has 0 amide bonds. The number of carboxylic acid groups (broad SMARTS) is 1.